The molecular weight excluding hydrogens is 192 g/mol. The highest BCUT2D eigenvalue weighted by Crippen LogP contribution is 2.01. The van der Waals surface area contributed by atoms with Crippen LogP contribution in [-0.4, -0.2) is 34.8 Å². The maximum absolute atomic E-state index is 11.6. The lowest BCUT2D eigenvalue weighted by molar-refractivity contribution is -0.122. The molecule has 0 aliphatic carbocycles. The summed E-state index contributed by atoms with van der Waals surface area (Å²) in [5, 5.41) is 10.3. The summed E-state index contributed by atoms with van der Waals surface area (Å²) in [4.78, 5) is 11.6. The van der Waals surface area contributed by atoms with Crippen LogP contribution < -0.4 is 10.6 Å². The van der Waals surface area contributed by atoms with E-state index in [0.29, 0.717) is 12.6 Å². The van der Waals surface area contributed by atoms with Gasteiger partial charge in [-0.2, -0.15) is 5.10 Å². The van der Waals surface area contributed by atoms with E-state index in [1.165, 1.54) is 0 Å². The first kappa shape index (κ1) is 10.2. The fourth-order valence-corrected chi connectivity index (χ4v) is 1.64. The minimum Gasteiger partial charge on any atom is -0.349 e. The number of rotatable bonds is 3. The quantitative estimate of drug-likeness (QED) is 0.710. The van der Waals surface area contributed by atoms with Crippen molar-refractivity contribution in [3.05, 3.63) is 17.5 Å². The molecule has 5 nitrogen and oxygen atoms in total. The van der Waals surface area contributed by atoms with Gasteiger partial charge in [0.1, 0.15) is 6.54 Å². The first-order valence-electron chi connectivity index (χ1n) is 5.16. The molecule has 1 aliphatic rings. The summed E-state index contributed by atoms with van der Waals surface area (Å²) >= 11 is 0. The van der Waals surface area contributed by atoms with E-state index in [2.05, 4.69) is 15.7 Å². The third kappa shape index (κ3) is 2.36. The Labute approximate surface area is 88.8 Å². The molecule has 0 aromatic carbocycles. The van der Waals surface area contributed by atoms with Crippen LogP contribution in [0.4, 0.5) is 0 Å². The fourth-order valence-electron chi connectivity index (χ4n) is 1.64. The average Bonchev–Trinajstić information content (AvgIpc) is 2.38. The molecule has 2 N–H and O–H groups in total. The number of hydrogen-bond donors (Lipinski definition) is 2. The van der Waals surface area contributed by atoms with Gasteiger partial charge in [0, 0.05) is 18.8 Å². The van der Waals surface area contributed by atoms with Crippen LogP contribution in [0.1, 0.15) is 11.4 Å². The molecular formula is C10H16N4O. The van der Waals surface area contributed by atoms with Crippen LogP contribution in [0.2, 0.25) is 0 Å². The zero-order chi connectivity index (χ0) is 10.8. The summed E-state index contributed by atoms with van der Waals surface area (Å²) in [5.74, 6) is 0.0349. The van der Waals surface area contributed by atoms with Gasteiger partial charge >= 0.3 is 0 Å². The zero-order valence-corrected chi connectivity index (χ0v) is 9.08. The molecule has 82 valence electrons. The highest BCUT2D eigenvalue weighted by atomic mass is 16.2. The van der Waals surface area contributed by atoms with Crippen molar-refractivity contribution in [2.24, 2.45) is 0 Å². The van der Waals surface area contributed by atoms with E-state index in [-0.39, 0.29) is 5.91 Å². The Morgan fingerprint density at radius 1 is 1.67 bits per heavy atom. The third-order valence-electron chi connectivity index (χ3n) is 2.54. The summed E-state index contributed by atoms with van der Waals surface area (Å²) in [6.45, 7) is 5.96. The molecule has 0 bridgehead atoms. The molecule has 1 aromatic rings. The number of hydrogen-bond acceptors (Lipinski definition) is 3. The maximum atomic E-state index is 11.6. The summed E-state index contributed by atoms with van der Waals surface area (Å²) in [6.07, 6.45) is 0. The van der Waals surface area contributed by atoms with E-state index in [1.54, 1.807) is 4.68 Å². The van der Waals surface area contributed by atoms with Crippen molar-refractivity contribution in [2.45, 2.75) is 26.4 Å². The van der Waals surface area contributed by atoms with E-state index in [9.17, 15) is 4.79 Å². The van der Waals surface area contributed by atoms with Crippen LogP contribution in [0, 0.1) is 13.8 Å². The van der Waals surface area contributed by atoms with Crippen molar-refractivity contribution in [3.8, 4) is 0 Å². The molecule has 1 fully saturated rings. The maximum Gasteiger partial charge on any atom is 0.242 e. The summed E-state index contributed by atoms with van der Waals surface area (Å²) in [5.41, 5.74) is 1.97. The van der Waals surface area contributed by atoms with Gasteiger partial charge in [-0.05, 0) is 19.9 Å². The summed E-state index contributed by atoms with van der Waals surface area (Å²) < 4.78 is 1.73. The smallest absolute Gasteiger partial charge is 0.242 e. The van der Waals surface area contributed by atoms with Crippen LogP contribution in [0.5, 0.6) is 0 Å². The van der Waals surface area contributed by atoms with Crippen molar-refractivity contribution < 1.29 is 4.79 Å². The van der Waals surface area contributed by atoms with Gasteiger partial charge in [0.15, 0.2) is 0 Å². The second-order valence-electron chi connectivity index (χ2n) is 4.01. The van der Waals surface area contributed by atoms with Gasteiger partial charge in [-0.25, -0.2) is 0 Å². The van der Waals surface area contributed by atoms with Gasteiger partial charge < -0.3 is 10.6 Å². The Morgan fingerprint density at radius 2 is 2.40 bits per heavy atom. The predicted octanol–water partition coefficient (Wildman–Crippen LogP) is -0.412. The van der Waals surface area contributed by atoms with Gasteiger partial charge in [0.2, 0.25) is 5.91 Å². The minimum atomic E-state index is 0.0349. The first-order valence-corrected chi connectivity index (χ1v) is 5.16. The molecule has 1 aliphatic heterocycles. The van der Waals surface area contributed by atoms with Crippen LogP contribution in [0.25, 0.3) is 0 Å². The van der Waals surface area contributed by atoms with Crippen molar-refractivity contribution in [1.29, 1.82) is 0 Å². The summed E-state index contributed by atoms with van der Waals surface area (Å²) in [7, 11) is 0. The molecule has 1 saturated heterocycles. The lowest BCUT2D eigenvalue weighted by atomic mass is 10.2. The van der Waals surface area contributed by atoms with E-state index >= 15 is 0 Å². The number of carbonyl (C=O) groups is 1. The van der Waals surface area contributed by atoms with Crippen molar-refractivity contribution in [3.63, 3.8) is 0 Å². The van der Waals surface area contributed by atoms with E-state index in [0.717, 1.165) is 24.5 Å². The number of aromatic nitrogens is 2. The van der Waals surface area contributed by atoms with Gasteiger partial charge in [-0.3, -0.25) is 9.48 Å². The number of carbonyl (C=O) groups excluding carboxylic acids is 1. The highest BCUT2D eigenvalue weighted by Gasteiger charge is 2.19. The Balaban J connectivity index is 1.90. The van der Waals surface area contributed by atoms with Crippen molar-refractivity contribution >= 4 is 5.91 Å². The SMILES string of the molecule is Cc1cc(C)n(CC(=O)NC2CNC2)n1. The minimum absolute atomic E-state index is 0.0349. The standard InChI is InChI=1S/C10H16N4O/c1-7-3-8(2)14(13-7)6-10(15)12-9-4-11-5-9/h3,9,11H,4-6H2,1-2H3,(H,12,15). The topological polar surface area (TPSA) is 59.0 Å². The second-order valence-corrected chi connectivity index (χ2v) is 4.01. The Kier molecular flexibility index (Phi) is 2.73. The fraction of sp³-hybridized carbons (Fsp3) is 0.600. The van der Waals surface area contributed by atoms with Crippen LogP contribution in [-0.2, 0) is 11.3 Å². The molecule has 1 aromatic heterocycles. The Hall–Kier alpha value is -1.36. The third-order valence-corrected chi connectivity index (χ3v) is 2.54. The van der Waals surface area contributed by atoms with Gasteiger partial charge in [0.05, 0.1) is 11.7 Å². The average molecular weight is 208 g/mol. The normalized spacial score (nSPS) is 16.1. The van der Waals surface area contributed by atoms with Gasteiger partial charge in [-0.1, -0.05) is 0 Å². The molecule has 5 heteroatoms. The first-order chi connectivity index (χ1) is 7.15. The molecule has 0 unspecified atom stereocenters. The van der Waals surface area contributed by atoms with E-state index in [4.69, 9.17) is 0 Å². The zero-order valence-electron chi connectivity index (χ0n) is 9.08. The molecule has 0 saturated carbocycles. The Morgan fingerprint density at radius 3 is 2.87 bits per heavy atom. The van der Waals surface area contributed by atoms with Crippen molar-refractivity contribution in [2.75, 3.05) is 13.1 Å². The molecule has 15 heavy (non-hydrogen) atoms. The van der Waals surface area contributed by atoms with E-state index in [1.807, 2.05) is 19.9 Å². The molecule has 0 radical (unpaired) electrons. The van der Waals surface area contributed by atoms with Gasteiger partial charge in [-0.15, -0.1) is 0 Å². The largest absolute Gasteiger partial charge is 0.349 e. The van der Waals surface area contributed by atoms with Crippen LogP contribution in [0.15, 0.2) is 6.07 Å². The van der Waals surface area contributed by atoms with Crippen LogP contribution >= 0.6 is 0 Å². The van der Waals surface area contributed by atoms with Crippen molar-refractivity contribution in [1.82, 2.24) is 20.4 Å². The number of nitrogens with zero attached hydrogens (tertiary/aromatic N) is 2. The predicted molar refractivity (Wildman–Crippen MR) is 56.5 cm³/mol. The monoisotopic (exact) mass is 208 g/mol. The molecule has 0 atom stereocenters. The van der Waals surface area contributed by atoms with Crippen LogP contribution in [0.3, 0.4) is 0 Å². The summed E-state index contributed by atoms with van der Waals surface area (Å²) in [6, 6.07) is 2.27. The Bertz CT molecular complexity index is 367. The van der Waals surface area contributed by atoms with E-state index < -0.39 is 0 Å². The lowest BCUT2D eigenvalue weighted by Gasteiger charge is -2.27. The molecule has 2 heterocycles. The second kappa shape index (κ2) is 4.02. The molecule has 0 spiro atoms. The molecule has 2 rings (SSSR count). The number of nitrogens with one attached hydrogen (secondary N) is 2. The molecule has 1 amide bonds. The lowest BCUT2D eigenvalue weighted by Crippen LogP contribution is -2.57. The highest BCUT2D eigenvalue weighted by molar-refractivity contribution is 5.76. The van der Waals surface area contributed by atoms with Gasteiger partial charge in [0.25, 0.3) is 0 Å². The number of aryl methyl sites for hydroxylation is 2. The number of amides is 1.